The molecule has 2 N–H and O–H groups in total. The first kappa shape index (κ1) is 16.2. The van der Waals surface area contributed by atoms with Crippen LogP contribution in [-0.4, -0.2) is 40.0 Å². The molecule has 4 rings (SSSR count). The summed E-state index contributed by atoms with van der Waals surface area (Å²) in [5.41, 5.74) is 2.30. The number of anilines is 1. The second kappa shape index (κ2) is 6.94. The number of rotatable bonds is 3. The van der Waals surface area contributed by atoms with Crippen LogP contribution in [0.1, 0.15) is 30.1 Å². The van der Waals surface area contributed by atoms with Gasteiger partial charge in [-0.1, -0.05) is 30.3 Å². The molecule has 1 aliphatic heterocycles. The SMILES string of the molecule is O=C(Nc1ccccn1)C1CCN([C@H]2Cc3ccccc3[C@H]2O)CC1. The lowest BCUT2D eigenvalue weighted by Crippen LogP contribution is -2.45. The van der Waals surface area contributed by atoms with Gasteiger partial charge in [-0.3, -0.25) is 9.69 Å². The smallest absolute Gasteiger partial charge is 0.228 e. The predicted molar refractivity (Wildman–Crippen MR) is 96.1 cm³/mol. The highest BCUT2D eigenvalue weighted by Gasteiger charge is 2.37. The number of aromatic nitrogens is 1. The van der Waals surface area contributed by atoms with E-state index in [2.05, 4.69) is 21.3 Å². The fourth-order valence-electron chi connectivity index (χ4n) is 4.04. The average molecular weight is 337 g/mol. The minimum absolute atomic E-state index is 0.0131. The third-order valence-corrected chi connectivity index (χ3v) is 5.45. The highest BCUT2D eigenvalue weighted by Crippen LogP contribution is 2.36. The van der Waals surface area contributed by atoms with Gasteiger partial charge in [0, 0.05) is 18.2 Å². The van der Waals surface area contributed by atoms with Gasteiger partial charge in [0.05, 0.1) is 6.10 Å². The molecule has 0 spiro atoms. The van der Waals surface area contributed by atoms with Gasteiger partial charge in [0.1, 0.15) is 5.82 Å². The Labute approximate surface area is 147 Å². The molecule has 2 heterocycles. The summed E-state index contributed by atoms with van der Waals surface area (Å²) in [7, 11) is 0. The molecule has 1 aliphatic carbocycles. The van der Waals surface area contributed by atoms with E-state index >= 15 is 0 Å². The molecule has 0 unspecified atom stereocenters. The van der Waals surface area contributed by atoms with E-state index in [9.17, 15) is 9.90 Å². The topological polar surface area (TPSA) is 65.5 Å². The van der Waals surface area contributed by atoms with Crippen LogP contribution in [0.15, 0.2) is 48.7 Å². The van der Waals surface area contributed by atoms with E-state index in [-0.39, 0.29) is 17.9 Å². The van der Waals surface area contributed by atoms with Gasteiger partial charge in [0.2, 0.25) is 5.91 Å². The fourth-order valence-corrected chi connectivity index (χ4v) is 4.04. The molecule has 1 aromatic heterocycles. The molecule has 1 fully saturated rings. The Hall–Kier alpha value is -2.24. The molecule has 1 saturated heterocycles. The number of piperidine rings is 1. The number of nitrogens with one attached hydrogen (secondary N) is 1. The second-order valence-electron chi connectivity index (χ2n) is 6.93. The van der Waals surface area contributed by atoms with Crippen molar-refractivity contribution in [1.82, 2.24) is 9.88 Å². The minimum Gasteiger partial charge on any atom is -0.387 e. The Morgan fingerprint density at radius 1 is 1.12 bits per heavy atom. The summed E-state index contributed by atoms with van der Waals surface area (Å²) in [4.78, 5) is 18.9. The molecular formula is C20H23N3O2. The quantitative estimate of drug-likeness (QED) is 0.903. The van der Waals surface area contributed by atoms with Crippen molar-refractivity contribution >= 4 is 11.7 Å². The fraction of sp³-hybridized carbons (Fsp3) is 0.400. The van der Waals surface area contributed by atoms with E-state index in [1.54, 1.807) is 12.3 Å². The summed E-state index contributed by atoms with van der Waals surface area (Å²) in [6, 6.07) is 13.8. The van der Waals surface area contributed by atoms with Crippen LogP contribution in [0.25, 0.3) is 0 Å². The van der Waals surface area contributed by atoms with Crippen LogP contribution in [-0.2, 0) is 11.2 Å². The number of carbonyl (C=O) groups is 1. The van der Waals surface area contributed by atoms with Crippen LogP contribution in [0.2, 0.25) is 0 Å². The lowest BCUT2D eigenvalue weighted by Gasteiger charge is -2.36. The second-order valence-corrected chi connectivity index (χ2v) is 6.93. The molecule has 0 saturated carbocycles. The van der Waals surface area contributed by atoms with Crippen molar-refractivity contribution in [2.24, 2.45) is 5.92 Å². The van der Waals surface area contributed by atoms with E-state index in [1.807, 2.05) is 30.3 Å². The maximum absolute atomic E-state index is 12.4. The number of amides is 1. The van der Waals surface area contributed by atoms with E-state index in [0.717, 1.165) is 37.9 Å². The molecule has 5 nitrogen and oxygen atoms in total. The number of hydrogen-bond acceptors (Lipinski definition) is 4. The zero-order chi connectivity index (χ0) is 17.2. The van der Waals surface area contributed by atoms with Crippen molar-refractivity contribution in [1.29, 1.82) is 0 Å². The first-order valence-electron chi connectivity index (χ1n) is 8.94. The van der Waals surface area contributed by atoms with Crippen LogP contribution < -0.4 is 5.32 Å². The highest BCUT2D eigenvalue weighted by molar-refractivity contribution is 5.91. The number of nitrogens with zero attached hydrogens (tertiary/aromatic N) is 2. The van der Waals surface area contributed by atoms with Gasteiger partial charge in [-0.2, -0.15) is 0 Å². The zero-order valence-electron chi connectivity index (χ0n) is 14.1. The van der Waals surface area contributed by atoms with Gasteiger partial charge < -0.3 is 10.4 Å². The van der Waals surface area contributed by atoms with Crippen LogP contribution in [0.3, 0.4) is 0 Å². The van der Waals surface area contributed by atoms with Crippen molar-refractivity contribution in [3.8, 4) is 0 Å². The summed E-state index contributed by atoms with van der Waals surface area (Å²) in [6.45, 7) is 1.69. The number of carbonyl (C=O) groups excluding carboxylic acids is 1. The standard InChI is InChI=1S/C20H23N3O2/c24-19-16-6-2-1-5-15(16)13-17(19)23-11-8-14(9-12-23)20(25)22-18-7-3-4-10-21-18/h1-7,10,14,17,19,24H,8-9,11-13H2,(H,21,22,25)/t17-,19+/m0/s1. The number of hydrogen-bond donors (Lipinski definition) is 2. The van der Waals surface area contributed by atoms with E-state index < -0.39 is 6.10 Å². The number of fused-ring (bicyclic) bond motifs is 1. The molecule has 25 heavy (non-hydrogen) atoms. The molecule has 5 heteroatoms. The largest absolute Gasteiger partial charge is 0.387 e. The highest BCUT2D eigenvalue weighted by atomic mass is 16.3. The predicted octanol–water partition coefficient (Wildman–Crippen LogP) is 2.39. The summed E-state index contributed by atoms with van der Waals surface area (Å²) < 4.78 is 0. The van der Waals surface area contributed by atoms with Crippen molar-refractivity contribution in [2.45, 2.75) is 31.4 Å². The van der Waals surface area contributed by atoms with Crippen molar-refractivity contribution in [3.05, 3.63) is 59.8 Å². The molecular weight excluding hydrogens is 314 g/mol. The summed E-state index contributed by atoms with van der Waals surface area (Å²) in [6.07, 6.45) is 3.78. The minimum atomic E-state index is -0.421. The number of pyridine rings is 1. The summed E-state index contributed by atoms with van der Waals surface area (Å²) in [5.74, 6) is 0.671. The molecule has 2 aromatic rings. The maximum Gasteiger partial charge on any atom is 0.228 e. The van der Waals surface area contributed by atoms with Crippen LogP contribution in [0.5, 0.6) is 0 Å². The van der Waals surface area contributed by atoms with E-state index in [1.165, 1.54) is 5.56 Å². The first-order chi connectivity index (χ1) is 12.2. The Kier molecular flexibility index (Phi) is 4.51. The van der Waals surface area contributed by atoms with Gasteiger partial charge in [-0.05, 0) is 55.6 Å². The number of benzene rings is 1. The summed E-state index contributed by atoms with van der Waals surface area (Å²) in [5, 5.41) is 13.5. The third-order valence-electron chi connectivity index (χ3n) is 5.45. The van der Waals surface area contributed by atoms with Gasteiger partial charge in [0.15, 0.2) is 0 Å². The van der Waals surface area contributed by atoms with Crippen molar-refractivity contribution in [3.63, 3.8) is 0 Å². The Morgan fingerprint density at radius 3 is 2.60 bits per heavy atom. The normalized spacial score (nSPS) is 24.0. The Bertz CT molecular complexity index is 742. The number of aliphatic hydroxyl groups excluding tert-OH is 1. The lowest BCUT2D eigenvalue weighted by atomic mass is 9.94. The monoisotopic (exact) mass is 337 g/mol. The molecule has 130 valence electrons. The van der Waals surface area contributed by atoms with E-state index in [4.69, 9.17) is 0 Å². The van der Waals surface area contributed by atoms with Gasteiger partial charge >= 0.3 is 0 Å². The summed E-state index contributed by atoms with van der Waals surface area (Å²) >= 11 is 0. The first-order valence-corrected chi connectivity index (χ1v) is 8.94. The van der Waals surface area contributed by atoms with Crippen LogP contribution >= 0.6 is 0 Å². The average Bonchev–Trinajstić information content (AvgIpc) is 3.00. The van der Waals surface area contributed by atoms with Gasteiger partial charge in [0.25, 0.3) is 0 Å². The van der Waals surface area contributed by atoms with Crippen molar-refractivity contribution in [2.75, 3.05) is 18.4 Å². The zero-order valence-corrected chi connectivity index (χ0v) is 14.1. The molecule has 2 aliphatic rings. The lowest BCUT2D eigenvalue weighted by molar-refractivity contribution is -0.121. The van der Waals surface area contributed by atoms with Gasteiger partial charge in [-0.15, -0.1) is 0 Å². The van der Waals surface area contributed by atoms with Crippen LogP contribution in [0, 0.1) is 5.92 Å². The molecule has 2 atom stereocenters. The Morgan fingerprint density at radius 2 is 1.88 bits per heavy atom. The molecule has 0 bridgehead atoms. The van der Waals surface area contributed by atoms with E-state index in [0.29, 0.717) is 5.82 Å². The maximum atomic E-state index is 12.4. The van der Waals surface area contributed by atoms with Crippen LogP contribution in [0.4, 0.5) is 5.82 Å². The van der Waals surface area contributed by atoms with Crippen molar-refractivity contribution < 1.29 is 9.90 Å². The molecule has 1 aromatic carbocycles. The molecule has 1 amide bonds. The molecule has 0 radical (unpaired) electrons. The third kappa shape index (κ3) is 3.30. The van der Waals surface area contributed by atoms with Gasteiger partial charge in [-0.25, -0.2) is 4.98 Å². The number of likely N-dealkylation sites (tertiary alicyclic amines) is 1. The Balaban J connectivity index is 1.34. The number of aliphatic hydroxyl groups is 1.